The predicted molar refractivity (Wildman–Crippen MR) is 91.4 cm³/mol. The van der Waals surface area contributed by atoms with Gasteiger partial charge in [0.25, 0.3) is 0 Å². The van der Waals surface area contributed by atoms with Crippen molar-refractivity contribution in [1.29, 1.82) is 0 Å². The predicted octanol–water partition coefficient (Wildman–Crippen LogP) is 3.71. The van der Waals surface area contributed by atoms with Crippen molar-refractivity contribution in [2.45, 2.75) is 50.6 Å². The molecular formula is C19H30N2O. The van der Waals surface area contributed by atoms with Gasteiger partial charge in [0.1, 0.15) is 5.75 Å². The second-order valence-corrected chi connectivity index (χ2v) is 7.05. The zero-order valence-electron chi connectivity index (χ0n) is 14.1. The van der Waals surface area contributed by atoms with Gasteiger partial charge in [0.2, 0.25) is 0 Å². The molecule has 3 nitrogen and oxygen atoms in total. The molecule has 3 heteroatoms. The van der Waals surface area contributed by atoms with Gasteiger partial charge in [0.05, 0.1) is 6.61 Å². The van der Waals surface area contributed by atoms with Crippen LogP contribution in [-0.2, 0) is 0 Å². The molecule has 2 fully saturated rings. The highest BCUT2D eigenvalue weighted by atomic mass is 16.5. The average Bonchev–Trinajstić information content (AvgIpc) is 2.96. The molecule has 0 radical (unpaired) electrons. The fourth-order valence-corrected chi connectivity index (χ4v) is 3.97. The maximum atomic E-state index is 5.84. The number of ether oxygens (including phenoxy) is 1. The maximum Gasteiger partial charge on any atom is 0.119 e. The summed E-state index contributed by atoms with van der Waals surface area (Å²) in [6.45, 7) is 3.17. The van der Waals surface area contributed by atoms with Crippen LogP contribution in [0.5, 0.6) is 5.75 Å². The Bertz CT molecular complexity index is 457. The van der Waals surface area contributed by atoms with Gasteiger partial charge in [-0.3, -0.25) is 4.90 Å². The molecule has 0 saturated carbocycles. The summed E-state index contributed by atoms with van der Waals surface area (Å²) < 4.78 is 5.84. The third kappa shape index (κ3) is 3.82. The molecule has 0 amide bonds. The van der Waals surface area contributed by atoms with Crippen LogP contribution in [0.15, 0.2) is 24.3 Å². The number of hydrogen-bond acceptors (Lipinski definition) is 3. The van der Waals surface area contributed by atoms with Crippen LogP contribution in [0.4, 0.5) is 0 Å². The first kappa shape index (κ1) is 15.8. The first-order valence-electron chi connectivity index (χ1n) is 8.87. The van der Waals surface area contributed by atoms with E-state index in [1.165, 1.54) is 44.2 Å². The van der Waals surface area contributed by atoms with Crippen LogP contribution in [0.3, 0.4) is 0 Å². The van der Waals surface area contributed by atoms with Crippen LogP contribution in [-0.4, -0.2) is 49.6 Å². The van der Waals surface area contributed by atoms with Gasteiger partial charge in [0.15, 0.2) is 0 Å². The minimum atomic E-state index is 0.646. The van der Waals surface area contributed by atoms with E-state index in [9.17, 15) is 0 Å². The summed E-state index contributed by atoms with van der Waals surface area (Å²) in [6.07, 6.45) is 7.99. The molecule has 2 atom stereocenters. The molecule has 0 aliphatic carbocycles. The Balaban J connectivity index is 1.53. The molecule has 122 valence electrons. The van der Waals surface area contributed by atoms with Crippen molar-refractivity contribution >= 4 is 0 Å². The van der Waals surface area contributed by atoms with E-state index in [0.29, 0.717) is 6.04 Å². The minimum Gasteiger partial charge on any atom is -0.494 e. The first-order chi connectivity index (χ1) is 10.7. The van der Waals surface area contributed by atoms with Crippen LogP contribution < -0.4 is 4.74 Å². The number of benzene rings is 1. The lowest BCUT2D eigenvalue weighted by Crippen LogP contribution is -2.35. The van der Waals surface area contributed by atoms with Crippen molar-refractivity contribution in [1.82, 2.24) is 9.80 Å². The second kappa shape index (κ2) is 7.47. The number of hydrogen-bond donors (Lipinski definition) is 0. The highest BCUT2D eigenvalue weighted by Gasteiger charge is 2.35. The van der Waals surface area contributed by atoms with Gasteiger partial charge in [-0.25, -0.2) is 0 Å². The molecule has 1 aromatic rings. The van der Waals surface area contributed by atoms with Crippen molar-refractivity contribution in [3.05, 3.63) is 29.8 Å². The van der Waals surface area contributed by atoms with Gasteiger partial charge in [-0.1, -0.05) is 18.6 Å². The van der Waals surface area contributed by atoms with Crippen LogP contribution in [0.2, 0.25) is 0 Å². The van der Waals surface area contributed by atoms with Gasteiger partial charge in [-0.2, -0.15) is 0 Å². The Kier molecular flexibility index (Phi) is 5.37. The van der Waals surface area contributed by atoms with Crippen molar-refractivity contribution in [3.8, 4) is 5.75 Å². The monoisotopic (exact) mass is 302 g/mol. The van der Waals surface area contributed by atoms with Crippen molar-refractivity contribution < 1.29 is 4.74 Å². The standard InChI is InChI=1S/C19H30N2O/c1-20(2)13-5-15-22-18-10-7-16(8-11-18)19-12-9-17-6-3-4-14-21(17)19/h7-8,10-11,17,19H,3-6,9,12-15H2,1-2H3. The van der Waals surface area contributed by atoms with Crippen molar-refractivity contribution in [2.24, 2.45) is 0 Å². The molecule has 22 heavy (non-hydrogen) atoms. The summed E-state index contributed by atoms with van der Waals surface area (Å²) in [5, 5.41) is 0. The van der Waals surface area contributed by atoms with E-state index in [-0.39, 0.29) is 0 Å². The minimum absolute atomic E-state index is 0.646. The normalized spacial score (nSPS) is 25.4. The summed E-state index contributed by atoms with van der Waals surface area (Å²) in [5.74, 6) is 1.01. The van der Waals surface area contributed by atoms with Crippen molar-refractivity contribution in [3.63, 3.8) is 0 Å². The summed E-state index contributed by atoms with van der Waals surface area (Å²) in [6, 6.07) is 10.4. The number of nitrogens with zero attached hydrogens (tertiary/aromatic N) is 2. The summed E-state index contributed by atoms with van der Waals surface area (Å²) in [4.78, 5) is 4.94. The van der Waals surface area contributed by atoms with Gasteiger partial charge in [-0.15, -0.1) is 0 Å². The van der Waals surface area contributed by atoms with Crippen LogP contribution in [0.1, 0.15) is 50.1 Å². The highest BCUT2D eigenvalue weighted by molar-refractivity contribution is 5.30. The Hall–Kier alpha value is -1.06. The van der Waals surface area contributed by atoms with Crippen LogP contribution in [0, 0.1) is 0 Å². The Morgan fingerprint density at radius 2 is 1.91 bits per heavy atom. The molecule has 0 bridgehead atoms. The SMILES string of the molecule is CN(C)CCCOc1ccc(C2CCC3CCCCN32)cc1. The van der Waals surface area contributed by atoms with E-state index in [1.807, 2.05) is 0 Å². The fourth-order valence-electron chi connectivity index (χ4n) is 3.97. The third-order valence-corrected chi connectivity index (χ3v) is 5.13. The van der Waals surface area contributed by atoms with E-state index in [2.05, 4.69) is 48.2 Å². The zero-order chi connectivity index (χ0) is 15.4. The molecular weight excluding hydrogens is 272 g/mol. The topological polar surface area (TPSA) is 15.7 Å². The van der Waals surface area contributed by atoms with Crippen LogP contribution in [0.25, 0.3) is 0 Å². The largest absolute Gasteiger partial charge is 0.494 e. The van der Waals surface area contributed by atoms with E-state index in [1.54, 1.807) is 0 Å². The Morgan fingerprint density at radius 1 is 1.09 bits per heavy atom. The molecule has 0 aromatic heterocycles. The Labute approximate surface area is 135 Å². The van der Waals surface area contributed by atoms with E-state index in [4.69, 9.17) is 4.74 Å². The molecule has 2 aliphatic heterocycles. The fraction of sp³-hybridized carbons (Fsp3) is 0.684. The molecule has 0 spiro atoms. The lowest BCUT2D eigenvalue weighted by atomic mass is 10.0. The smallest absolute Gasteiger partial charge is 0.119 e. The van der Waals surface area contributed by atoms with Gasteiger partial charge >= 0.3 is 0 Å². The van der Waals surface area contributed by atoms with E-state index in [0.717, 1.165) is 31.4 Å². The third-order valence-electron chi connectivity index (χ3n) is 5.13. The lowest BCUT2D eigenvalue weighted by molar-refractivity contribution is 0.150. The van der Waals surface area contributed by atoms with Gasteiger partial charge in [0, 0.05) is 18.6 Å². The summed E-state index contributed by atoms with van der Waals surface area (Å²) >= 11 is 0. The lowest BCUT2D eigenvalue weighted by Gasteiger charge is -2.34. The first-order valence-corrected chi connectivity index (χ1v) is 8.87. The van der Waals surface area contributed by atoms with Crippen molar-refractivity contribution in [2.75, 3.05) is 33.8 Å². The maximum absolute atomic E-state index is 5.84. The van der Waals surface area contributed by atoms with E-state index >= 15 is 0 Å². The molecule has 2 saturated heterocycles. The van der Waals surface area contributed by atoms with Crippen LogP contribution >= 0.6 is 0 Å². The van der Waals surface area contributed by atoms with Gasteiger partial charge < -0.3 is 9.64 Å². The average molecular weight is 302 g/mol. The number of piperidine rings is 1. The summed E-state index contributed by atoms with van der Waals surface area (Å²) in [7, 11) is 4.20. The quantitative estimate of drug-likeness (QED) is 0.745. The highest BCUT2D eigenvalue weighted by Crippen LogP contribution is 2.40. The number of rotatable bonds is 6. The molecule has 3 rings (SSSR count). The zero-order valence-corrected chi connectivity index (χ0v) is 14.1. The summed E-state index contributed by atoms with van der Waals surface area (Å²) in [5.41, 5.74) is 1.48. The van der Waals surface area contributed by atoms with Gasteiger partial charge in [-0.05, 0) is 70.4 Å². The van der Waals surface area contributed by atoms with E-state index < -0.39 is 0 Å². The number of fused-ring (bicyclic) bond motifs is 1. The molecule has 2 aliphatic rings. The Morgan fingerprint density at radius 3 is 2.68 bits per heavy atom. The molecule has 0 N–H and O–H groups in total. The molecule has 1 aromatic carbocycles. The second-order valence-electron chi connectivity index (χ2n) is 7.05. The molecule has 2 unspecified atom stereocenters. The molecule has 2 heterocycles.